The van der Waals surface area contributed by atoms with Crippen molar-refractivity contribution < 1.29 is 28.2 Å². The third-order valence-corrected chi connectivity index (χ3v) is 5.83. The number of hydrazone groups is 1. The zero-order valence-corrected chi connectivity index (χ0v) is 20.9. The Morgan fingerprint density at radius 1 is 1.23 bits per heavy atom. The number of carbonyl (C=O) groups is 2. The number of thioether (sulfide) groups is 1. The number of amides is 2. The van der Waals surface area contributed by atoms with Crippen molar-refractivity contribution in [1.29, 1.82) is 0 Å². The lowest BCUT2D eigenvalue weighted by Crippen LogP contribution is -2.30. The smallest absolute Gasteiger partial charge is 0.411 e. The van der Waals surface area contributed by atoms with E-state index < -0.39 is 13.0 Å². The molecule has 188 valence electrons. The number of carbonyl (C=O) groups excluding carboxylic acids is 2. The number of anilines is 1. The minimum absolute atomic E-state index is 0.178. The lowest BCUT2D eigenvalue weighted by atomic mass is 10.1. The molecular formula is C24H29FN4O5S. The Balaban J connectivity index is 1.66. The van der Waals surface area contributed by atoms with Crippen LogP contribution in [-0.4, -0.2) is 73.4 Å². The SMILES string of the molecule is COc1ccc(C2=NN(Cc3ccc(NC(=O)OC(C)CN(C)C)cc3)C(=O)SC2)cc1OCF. The lowest BCUT2D eigenvalue weighted by molar-refractivity contribution is 0.103. The summed E-state index contributed by atoms with van der Waals surface area (Å²) in [6.45, 7) is 1.72. The summed E-state index contributed by atoms with van der Waals surface area (Å²) in [5.41, 5.74) is 2.78. The molecule has 0 fully saturated rings. The summed E-state index contributed by atoms with van der Waals surface area (Å²) >= 11 is 1.13. The van der Waals surface area contributed by atoms with Crippen LogP contribution in [0.4, 0.5) is 19.7 Å². The van der Waals surface area contributed by atoms with Crippen LogP contribution in [0.5, 0.6) is 11.5 Å². The maximum absolute atomic E-state index is 12.7. The van der Waals surface area contributed by atoms with Gasteiger partial charge < -0.3 is 19.1 Å². The van der Waals surface area contributed by atoms with Crippen molar-refractivity contribution in [3.8, 4) is 11.5 Å². The highest BCUT2D eigenvalue weighted by Gasteiger charge is 2.23. The molecule has 1 N–H and O–H groups in total. The zero-order chi connectivity index (χ0) is 25.4. The maximum Gasteiger partial charge on any atom is 0.411 e. The molecular weight excluding hydrogens is 475 g/mol. The van der Waals surface area contributed by atoms with Crippen LogP contribution >= 0.6 is 11.8 Å². The molecule has 2 amide bonds. The number of nitrogens with zero attached hydrogens (tertiary/aromatic N) is 3. The summed E-state index contributed by atoms with van der Waals surface area (Å²) in [5, 5.41) is 8.41. The van der Waals surface area contributed by atoms with Gasteiger partial charge in [-0.05, 0) is 56.9 Å². The van der Waals surface area contributed by atoms with E-state index in [4.69, 9.17) is 14.2 Å². The van der Waals surface area contributed by atoms with E-state index in [1.165, 1.54) is 12.1 Å². The second-order valence-electron chi connectivity index (χ2n) is 8.08. The van der Waals surface area contributed by atoms with Crippen molar-refractivity contribution in [3.05, 3.63) is 53.6 Å². The first kappa shape index (κ1) is 26.3. The molecule has 11 heteroatoms. The first-order chi connectivity index (χ1) is 16.8. The van der Waals surface area contributed by atoms with E-state index in [2.05, 4.69) is 10.4 Å². The number of alkyl halides is 1. The van der Waals surface area contributed by atoms with Crippen LogP contribution in [0.25, 0.3) is 0 Å². The Bertz CT molecular complexity index is 1060. The van der Waals surface area contributed by atoms with E-state index in [-0.39, 0.29) is 23.6 Å². The van der Waals surface area contributed by atoms with Crippen LogP contribution in [0.3, 0.4) is 0 Å². The van der Waals surface area contributed by atoms with Gasteiger partial charge in [0.15, 0.2) is 11.5 Å². The Morgan fingerprint density at radius 2 is 1.97 bits per heavy atom. The van der Waals surface area contributed by atoms with Gasteiger partial charge in [-0.3, -0.25) is 10.1 Å². The van der Waals surface area contributed by atoms with Crippen LogP contribution in [0.1, 0.15) is 18.1 Å². The van der Waals surface area contributed by atoms with Crippen LogP contribution in [-0.2, 0) is 11.3 Å². The average Bonchev–Trinajstić information content (AvgIpc) is 2.81. The van der Waals surface area contributed by atoms with E-state index in [0.29, 0.717) is 35.0 Å². The van der Waals surface area contributed by atoms with E-state index in [1.54, 1.807) is 42.5 Å². The molecule has 35 heavy (non-hydrogen) atoms. The Morgan fingerprint density at radius 3 is 2.63 bits per heavy atom. The lowest BCUT2D eigenvalue weighted by Gasteiger charge is -2.23. The number of rotatable bonds is 10. The van der Waals surface area contributed by atoms with Crippen LogP contribution in [0, 0.1) is 0 Å². The molecule has 0 aliphatic carbocycles. The highest BCUT2D eigenvalue weighted by molar-refractivity contribution is 8.14. The summed E-state index contributed by atoms with van der Waals surface area (Å²) in [6, 6.07) is 12.2. The van der Waals surface area contributed by atoms with E-state index in [0.717, 1.165) is 17.3 Å². The summed E-state index contributed by atoms with van der Waals surface area (Å²) in [5.74, 6) is 1.06. The van der Waals surface area contributed by atoms with E-state index in [1.807, 2.05) is 25.9 Å². The molecule has 3 rings (SSSR count). The molecule has 0 radical (unpaired) electrons. The van der Waals surface area contributed by atoms with Crippen LogP contribution < -0.4 is 14.8 Å². The largest absolute Gasteiger partial charge is 0.493 e. The predicted molar refractivity (Wildman–Crippen MR) is 134 cm³/mol. The molecule has 2 aromatic carbocycles. The fourth-order valence-corrected chi connectivity index (χ4v) is 4.18. The molecule has 0 saturated heterocycles. The van der Waals surface area contributed by atoms with Gasteiger partial charge in [-0.15, -0.1) is 0 Å². The second kappa shape index (κ2) is 12.4. The van der Waals surface area contributed by atoms with Crippen molar-refractivity contribution >= 4 is 34.5 Å². The molecule has 1 atom stereocenters. The van der Waals surface area contributed by atoms with Gasteiger partial charge in [0.25, 0.3) is 0 Å². The number of hydrogen-bond donors (Lipinski definition) is 1. The van der Waals surface area contributed by atoms with Gasteiger partial charge in [-0.2, -0.15) is 5.10 Å². The highest BCUT2D eigenvalue weighted by Crippen LogP contribution is 2.30. The second-order valence-corrected chi connectivity index (χ2v) is 9.00. The molecule has 0 saturated carbocycles. The standard InChI is InChI=1S/C24H29FN4O5S/c1-16(12-28(2)3)34-23(30)26-19-8-5-17(6-9-19)13-29-24(31)35-14-20(27-29)18-7-10-21(32-4)22(11-18)33-15-25/h5-11,16H,12-15H2,1-4H3,(H,26,30). The average molecular weight is 505 g/mol. The molecule has 9 nitrogen and oxygen atoms in total. The normalized spacial score (nSPS) is 14.4. The number of ether oxygens (including phenoxy) is 3. The number of likely N-dealkylation sites (N-methyl/N-ethyl adjacent to an activating group) is 1. The van der Waals surface area contributed by atoms with Crippen LogP contribution in [0.2, 0.25) is 0 Å². The molecule has 0 spiro atoms. The van der Waals surface area contributed by atoms with Crippen molar-refractivity contribution in [2.24, 2.45) is 5.10 Å². The predicted octanol–water partition coefficient (Wildman–Crippen LogP) is 4.57. The van der Waals surface area contributed by atoms with Crippen molar-refractivity contribution in [3.63, 3.8) is 0 Å². The Hall–Kier alpha value is -3.31. The van der Waals surface area contributed by atoms with Gasteiger partial charge in [0, 0.05) is 23.5 Å². The van der Waals surface area contributed by atoms with Crippen molar-refractivity contribution in [2.75, 3.05) is 45.7 Å². The molecule has 1 aliphatic heterocycles. The molecule has 1 aliphatic rings. The van der Waals surface area contributed by atoms with Gasteiger partial charge in [-0.1, -0.05) is 23.9 Å². The van der Waals surface area contributed by atoms with Gasteiger partial charge >= 0.3 is 11.3 Å². The van der Waals surface area contributed by atoms with Crippen molar-refractivity contribution in [2.45, 2.75) is 19.6 Å². The number of halogens is 1. The Kier molecular flexibility index (Phi) is 9.32. The molecule has 0 bridgehead atoms. The van der Waals surface area contributed by atoms with Gasteiger partial charge in [0.1, 0.15) is 6.10 Å². The first-order valence-electron chi connectivity index (χ1n) is 10.9. The fourth-order valence-electron chi connectivity index (χ4n) is 3.44. The summed E-state index contributed by atoms with van der Waals surface area (Å²) < 4.78 is 28.2. The number of nitrogens with one attached hydrogen (secondary N) is 1. The monoisotopic (exact) mass is 504 g/mol. The zero-order valence-electron chi connectivity index (χ0n) is 20.1. The first-order valence-corrected chi connectivity index (χ1v) is 11.9. The Labute approximate surface area is 208 Å². The summed E-state index contributed by atoms with van der Waals surface area (Å²) in [6.07, 6.45) is -0.774. The van der Waals surface area contributed by atoms with E-state index in [9.17, 15) is 14.0 Å². The van der Waals surface area contributed by atoms with Crippen LogP contribution in [0.15, 0.2) is 47.6 Å². The molecule has 2 aromatic rings. The number of methoxy groups -OCH3 is 1. The van der Waals surface area contributed by atoms with Gasteiger partial charge in [-0.25, -0.2) is 14.2 Å². The summed E-state index contributed by atoms with van der Waals surface area (Å²) in [4.78, 5) is 26.4. The maximum atomic E-state index is 12.7. The van der Waals surface area contributed by atoms with Crippen molar-refractivity contribution in [1.82, 2.24) is 9.91 Å². The third kappa shape index (κ3) is 7.59. The topological polar surface area (TPSA) is 92.7 Å². The number of hydrogen-bond acceptors (Lipinski definition) is 8. The third-order valence-electron chi connectivity index (χ3n) is 4.95. The highest BCUT2D eigenvalue weighted by atomic mass is 32.2. The minimum Gasteiger partial charge on any atom is -0.493 e. The molecule has 1 heterocycles. The fraction of sp³-hybridized carbons (Fsp3) is 0.375. The number of benzene rings is 2. The quantitative estimate of drug-likeness (QED) is 0.507. The summed E-state index contributed by atoms with van der Waals surface area (Å²) in [7, 11) is 5.29. The van der Waals surface area contributed by atoms with Gasteiger partial charge in [0.05, 0.1) is 19.4 Å². The minimum atomic E-state index is -0.983. The molecule has 0 aromatic heterocycles. The molecule has 1 unspecified atom stereocenters. The van der Waals surface area contributed by atoms with Gasteiger partial charge in [0.2, 0.25) is 6.86 Å². The van der Waals surface area contributed by atoms with E-state index >= 15 is 0 Å².